The lowest BCUT2D eigenvalue weighted by molar-refractivity contribution is -0.161. The van der Waals surface area contributed by atoms with E-state index in [4.69, 9.17) is 37.0 Å². The maximum absolute atomic E-state index is 13.2. The summed E-state index contributed by atoms with van der Waals surface area (Å²) in [5.41, 5.74) is 0. The van der Waals surface area contributed by atoms with Crippen molar-refractivity contribution in [1.29, 1.82) is 0 Å². The topological polar surface area (TPSA) is 237 Å². The molecule has 0 radical (unpaired) electrons. The summed E-state index contributed by atoms with van der Waals surface area (Å²) in [4.78, 5) is 73.2. The van der Waals surface area contributed by atoms with Gasteiger partial charge in [-0.1, -0.05) is 393 Å². The number of carbonyl (C=O) groups excluding carboxylic acids is 4. The second kappa shape index (κ2) is 79.2. The molecule has 6 atom stereocenters. The SMILES string of the molecule is CCCCCC/C=C\C=C/CCCCCCCC(=O)O[C@H](COC(=O)CCCCCCCCCCC(C)CC)COP(=O)(O)OC[C@H](O)COP(=O)(O)OC[C@@H](COC(=O)CCCCCCCCCCCCCCCCCCCC)OC(=O)CCCCCCCCCCCCCCCCCCCCCCC. The Balaban J connectivity index is 5.28. The summed E-state index contributed by atoms with van der Waals surface area (Å²) in [6.45, 7) is 7.30. The van der Waals surface area contributed by atoms with Crippen LogP contribution >= 0.6 is 15.6 Å². The van der Waals surface area contributed by atoms with Gasteiger partial charge in [-0.25, -0.2) is 9.13 Å². The Labute approximate surface area is 650 Å². The van der Waals surface area contributed by atoms with Crippen molar-refractivity contribution in [3.8, 4) is 0 Å². The third kappa shape index (κ3) is 78.2. The molecule has 0 aliphatic heterocycles. The molecule has 3 N–H and O–H groups in total. The second-order valence-electron chi connectivity index (χ2n) is 30.8. The van der Waals surface area contributed by atoms with Crippen molar-refractivity contribution in [3.05, 3.63) is 24.3 Å². The first-order chi connectivity index (χ1) is 51.6. The molecule has 0 aliphatic carbocycles. The smallest absolute Gasteiger partial charge is 0.462 e. The van der Waals surface area contributed by atoms with Crippen LogP contribution in [-0.4, -0.2) is 96.7 Å². The van der Waals surface area contributed by atoms with Crippen molar-refractivity contribution < 1.29 is 80.2 Å². The van der Waals surface area contributed by atoms with Crippen LogP contribution in [0.5, 0.6) is 0 Å². The maximum Gasteiger partial charge on any atom is 0.472 e. The maximum atomic E-state index is 13.2. The quantitative estimate of drug-likeness (QED) is 0.0169. The van der Waals surface area contributed by atoms with E-state index in [9.17, 15) is 43.2 Å². The van der Waals surface area contributed by atoms with Gasteiger partial charge in [-0.2, -0.15) is 0 Å². The van der Waals surface area contributed by atoms with E-state index in [1.165, 1.54) is 257 Å². The fraction of sp³-hybridized carbons (Fsp3) is 0.908. The highest BCUT2D eigenvalue weighted by atomic mass is 31.2. The van der Waals surface area contributed by atoms with Gasteiger partial charge in [-0.15, -0.1) is 0 Å². The number of phosphoric acid groups is 2. The van der Waals surface area contributed by atoms with Gasteiger partial charge in [0.15, 0.2) is 12.2 Å². The van der Waals surface area contributed by atoms with Crippen molar-refractivity contribution in [2.45, 2.75) is 464 Å². The fourth-order valence-corrected chi connectivity index (χ4v) is 14.7. The van der Waals surface area contributed by atoms with Crippen LogP contribution in [0, 0.1) is 5.92 Å². The molecule has 0 spiro atoms. The molecule has 0 saturated carbocycles. The number of hydrogen-bond acceptors (Lipinski definition) is 15. The number of aliphatic hydroxyl groups is 1. The minimum Gasteiger partial charge on any atom is -0.462 e. The summed E-state index contributed by atoms with van der Waals surface area (Å²) >= 11 is 0. The van der Waals surface area contributed by atoms with Crippen LogP contribution in [0.15, 0.2) is 24.3 Å². The number of unbranched alkanes of at least 4 members (excludes halogenated alkanes) is 53. The predicted molar refractivity (Wildman–Crippen MR) is 437 cm³/mol. The van der Waals surface area contributed by atoms with Gasteiger partial charge in [0.2, 0.25) is 0 Å². The van der Waals surface area contributed by atoms with E-state index in [1.807, 2.05) is 0 Å². The van der Waals surface area contributed by atoms with Gasteiger partial charge in [-0.3, -0.25) is 37.3 Å². The van der Waals surface area contributed by atoms with Crippen LogP contribution in [0.4, 0.5) is 0 Å². The standard InChI is InChI=1S/C87H166O17P2/c1-6-10-13-16-19-22-25-28-31-33-35-36-37-39-42-45-48-51-58-63-68-73-86(91)103-82(76-97-84(89)70-65-60-55-49-46-43-41-38-34-32-29-26-23-20-17-14-11-7-2)78-101-105(93,94)99-74-81(88)75-100-106(95,96)102-79-83(77-98-85(90)71-66-61-56-53-52-54-59-64-69-80(5)9-4)104-87(92)72-67-62-57-50-47-44-40-30-27-24-21-18-15-12-8-3/h24,27,30,40,80-83,88H,6-23,25-26,28-29,31-39,41-79H2,1-5H3,(H,93,94)(H,95,96)/b27-24-,40-30-/t80?,81-,82-,83-/m1/s1. The average molecular weight is 1550 g/mol. The number of phosphoric ester groups is 2. The summed E-state index contributed by atoms with van der Waals surface area (Å²) in [5.74, 6) is -1.36. The van der Waals surface area contributed by atoms with E-state index in [1.54, 1.807) is 0 Å². The Morgan fingerprint density at radius 3 is 0.802 bits per heavy atom. The van der Waals surface area contributed by atoms with Crippen molar-refractivity contribution >= 4 is 39.5 Å². The van der Waals surface area contributed by atoms with Crippen LogP contribution in [0.2, 0.25) is 0 Å². The zero-order valence-electron chi connectivity index (χ0n) is 69.1. The van der Waals surface area contributed by atoms with Gasteiger partial charge in [0, 0.05) is 25.7 Å². The molecule has 0 aromatic heterocycles. The van der Waals surface area contributed by atoms with Crippen LogP contribution in [0.25, 0.3) is 0 Å². The highest BCUT2D eigenvalue weighted by Crippen LogP contribution is 2.45. The monoisotopic (exact) mass is 1550 g/mol. The molecule has 0 aromatic carbocycles. The number of ether oxygens (including phenoxy) is 4. The van der Waals surface area contributed by atoms with Gasteiger partial charge >= 0.3 is 39.5 Å². The van der Waals surface area contributed by atoms with E-state index in [-0.39, 0.29) is 25.7 Å². The Morgan fingerprint density at radius 2 is 0.528 bits per heavy atom. The molecule has 106 heavy (non-hydrogen) atoms. The first-order valence-corrected chi connectivity index (χ1v) is 47.5. The highest BCUT2D eigenvalue weighted by molar-refractivity contribution is 7.47. The molecule has 17 nitrogen and oxygen atoms in total. The van der Waals surface area contributed by atoms with Crippen molar-refractivity contribution in [1.82, 2.24) is 0 Å². The van der Waals surface area contributed by atoms with Crippen molar-refractivity contribution in [2.75, 3.05) is 39.6 Å². The molecular formula is C87H166O17P2. The summed E-state index contributed by atoms with van der Waals surface area (Å²) in [6.07, 6.45) is 75.8. The molecule has 0 heterocycles. The molecular weight excluding hydrogens is 1380 g/mol. The van der Waals surface area contributed by atoms with Crippen LogP contribution < -0.4 is 0 Å². The van der Waals surface area contributed by atoms with Gasteiger partial charge in [-0.05, 0) is 57.3 Å². The molecule has 0 fully saturated rings. The average Bonchev–Trinajstić information content (AvgIpc) is 0.901. The number of esters is 4. The summed E-state index contributed by atoms with van der Waals surface area (Å²) < 4.78 is 68.9. The zero-order chi connectivity index (χ0) is 77.6. The molecule has 0 bridgehead atoms. The molecule has 626 valence electrons. The lowest BCUT2D eigenvalue weighted by Crippen LogP contribution is -2.30. The lowest BCUT2D eigenvalue weighted by Gasteiger charge is -2.21. The molecule has 0 amide bonds. The molecule has 0 saturated heterocycles. The van der Waals surface area contributed by atoms with Crippen LogP contribution in [-0.2, 0) is 65.4 Å². The number of hydrogen-bond donors (Lipinski definition) is 3. The Morgan fingerprint density at radius 1 is 0.302 bits per heavy atom. The molecule has 0 aromatic rings. The Bertz CT molecular complexity index is 2110. The van der Waals surface area contributed by atoms with Crippen molar-refractivity contribution in [3.63, 3.8) is 0 Å². The highest BCUT2D eigenvalue weighted by Gasteiger charge is 2.30. The number of allylic oxidation sites excluding steroid dienone is 4. The lowest BCUT2D eigenvalue weighted by atomic mass is 9.99. The number of rotatable bonds is 85. The molecule has 19 heteroatoms. The summed E-state index contributed by atoms with van der Waals surface area (Å²) in [6, 6.07) is 0. The van der Waals surface area contributed by atoms with E-state index in [0.717, 1.165) is 109 Å². The third-order valence-corrected chi connectivity index (χ3v) is 22.2. The second-order valence-corrected chi connectivity index (χ2v) is 33.7. The van der Waals surface area contributed by atoms with Gasteiger partial charge in [0.25, 0.3) is 0 Å². The normalized spacial score (nSPS) is 14.2. The zero-order valence-corrected chi connectivity index (χ0v) is 70.9. The Kier molecular flexibility index (Phi) is 77.4. The fourth-order valence-electron chi connectivity index (χ4n) is 13.1. The Hall–Kier alpha value is -2.46. The minimum atomic E-state index is -4.97. The molecule has 0 aliphatic rings. The largest absolute Gasteiger partial charge is 0.472 e. The van der Waals surface area contributed by atoms with Crippen LogP contribution in [0.3, 0.4) is 0 Å². The van der Waals surface area contributed by atoms with Gasteiger partial charge in [0.05, 0.1) is 26.4 Å². The van der Waals surface area contributed by atoms with Gasteiger partial charge < -0.3 is 33.8 Å². The summed E-state index contributed by atoms with van der Waals surface area (Å²) in [5, 5.41) is 10.7. The first kappa shape index (κ1) is 104. The van der Waals surface area contributed by atoms with E-state index < -0.39 is 97.5 Å². The van der Waals surface area contributed by atoms with Gasteiger partial charge in [0.1, 0.15) is 19.3 Å². The summed E-state index contributed by atoms with van der Waals surface area (Å²) in [7, 11) is -9.94. The first-order valence-electron chi connectivity index (χ1n) is 44.5. The van der Waals surface area contributed by atoms with E-state index in [2.05, 4.69) is 58.9 Å². The third-order valence-electron chi connectivity index (χ3n) is 20.3. The number of carbonyl (C=O) groups is 4. The van der Waals surface area contributed by atoms with Crippen molar-refractivity contribution in [2.24, 2.45) is 5.92 Å². The molecule has 3 unspecified atom stereocenters. The minimum absolute atomic E-state index is 0.0851. The van der Waals surface area contributed by atoms with E-state index >= 15 is 0 Å². The number of aliphatic hydroxyl groups excluding tert-OH is 1. The predicted octanol–water partition coefficient (Wildman–Crippen LogP) is 26.3. The van der Waals surface area contributed by atoms with Crippen LogP contribution in [0.1, 0.15) is 446 Å². The molecule has 0 rings (SSSR count). The van der Waals surface area contributed by atoms with E-state index in [0.29, 0.717) is 25.7 Å².